The molecule has 4 rings (SSSR count). The fourth-order valence-corrected chi connectivity index (χ4v) is 3.47. The molecule has 0 aliphatic carbocycles. The maximum atomic E-state index is 13.5. The monoisotopic (exact) mass is 407 g/mol. The number of hydrogen-bond acceptors (Lipinski definition) is 6. The van der Waals surface area contributed by atoms with Crippen LogP contribution in [-0.2, 0) is 4.79 Å². The molecular formula is C23H26FN5O. The van der Waals surface area contributed by atoms with Gasteiger partial charge in [0.05, 0.1) is 5.69 Å². The van der Waals surface area contributed by atoms with Crippen LogP contribution in [0.2, 0.25) is 0 Å². The summed E-state index contributed by atoms with van der Waals surface area (Å²) in [6.07, 6.45) is 6.49. The molecule has 1 aromatic carbocycles. The zero-order valence-electron chi connectivity index (χ0n) is 17.3. The van der Waals surface area contributed by atoms with E-state index < -0.39 is 0 Å². The Morgan fingerprint density at radius 1 is 1.20 bits per heavy atom. The van der Waals surface area contributed by atoms with E-state index in [0.717, 1.165) is 49.3 Å². The average molecular weight is 407 g/mol. The molecule has 156 valence electrons. The lowest BCUT2D eigenvalue weighted by molar-refractivity contribution is -0.106. The van der Waals surface area contributed by atoms with E-state index in [1.165, 1.54) is 19.1 Å². The summed E-state index contributed by atoms with van der Waals surface area (Å²) in [5.41, 5.74) is 2.42. The van der Waals surface area contributed by atoms with Crippen LogP contribution in [0.1, 0.15) is 31.5 Å². The van der Waals surface area contributed by atoms with Crippen LogP contribution < -0.4 is 5.32 Å². The molecule has 6 nitrogen and oxygen atoms in total. The zero-order valence-corrected chi connectivity index (χ0v) is 17.3. The molecule has 0 amide bonds. The first-order chi connectivity index (χ1) is 14.6. The number of pyridine rings is 1. The van der Waals surface area contributed by atoms with Crippen molar-refractivity contribution >= 4 is 17.8 Å². The van der Waals surface area contributed by atoms with Gasteiger partial charge in [0.15, 0.2) is 0 Å². The van der Waals surface area contributed by atoms with Gasteiger partial charge >= 0.3 is 0 Å². The third-order valence-corrected chi connectivity index (χ3v) is 4.79. The van der Waals surface area contributed by atoms with Crippen molar-refractivity contribution in [3.05, 3.63) is 66.5 Å². The van der Waals surface area contributed by atoms with Crippen molar-refractivity contribution in [3.8, 4) is 11.3 Å². The standard InChI is InChI=1S/C21H22FN5.C2H4O/c1-27-10-4-6-16(14-27)21-25-19(15-5-3-9-23-13-15)12-20(26-21)24-18-8-2-7-17(22)11-18;1-2-3/h2-3,5,7-9,11-13,16H,4,6,10,14H2,1H3,(H,24,25,26);2H,1H3. The van der Waals surface area contributed by atoms with Crippen molar-refractivity contribution in [2.24, 2.45) is 0 Å². The molecule has 3 heterocycles. The molecule has 1 aliphatic heterocycles. The van der Waals surface area contributed by atoms with Gasteiger partial charge in [-0.15, -0.1) is 0 Å². The zero-order chi connectivity index (χ0) is 21.3. The van der Waals surface area contributed by atoms with Gasteiger partial charge in [-0.3, -0.25) is 4.98 Å². The molecule has 1 saturated heterocycles. The number of rotatable bonds is 4. The van der Waals surface area contributed by atoms with E-state index in [4.69, 9.17) is 14.8 Å². The second-order valence-corrected chi connectivity index (χ2v) is 7.21. The molecule has 7 heteroatoms. The molecule has 30 heavy (non-hydrogen) atoms. The fourth-order valence-electron chi connectivity index (χ4n) is 3.47. The highest BCUT2D eigenvalue weighted by Gasteiger charge is 2.22. The molecule has 0 saturated carbocycles. The number of carbonyl (C=O) groups is 1. The van der Waals surface area contributed by atoms with E-state index in [0.29, 0.717) is 11.5 Å². The van der Waals surface area contributed by atoms with Gasteiger partial charge in [0, 0.05) is 42.2 Å². The molecule has 1 aliphatic rings. The van der Waals surface area contributed by atoms with Gasteiger partial charge in [-0.25, -0.2) is 14.4 Å². The van der Waals surface area contributed by atoms with Crippen LogP contribution >= 0.6 is 0 Å². The number of likely N-dealkylation sites (tertiary alicyclic amines) is 1. The minimum absolute atomic E-state index is 0.282. The van der Waals surface area contributed by atoms with Crippen molar-refractivity contribution < 1.29 is 9.18 Å². The molecule has 0 spiro atoms. The smallest absolute Gasteiger partial charge is 0.135 e. The van der Waals surface area contributed by atoms with Crippen molar-refractivity contribution in [1.82, 2.24) is 19.9 Å². The van der Waals surface area contributed by atoms with Crippen LogP contribution in [0, 0.1) is 5.82 Å². The molecule has 3 aromatic rings. The quantitative estimate of drug-likeness (QED) is 0.645. The topological polar surface area (TPSA) is 71.0 Å². The average Bonchev–Trinajstić information content (AvgIpc) is 2.75. The van der Waals surface area contributed by atoms with Crippen LogP contribution in [0.5, 0.6) is 0 Å². The Morgan fingerprint density at radius 2 is 2.03 bits per heavy atom. The predicted molar refractivity (Wildman–Crippen MR) is 116 cm³/mol. The lowest BCUT2D eigenvalue weighted by atomic mass is 9.97. The van der Waals surface area contributed by atoms with Crippen molar-refractivity contribution in [1.29, 1.82) is 0 Å². The maximum absolute atomic E-state index is 13.5. The van der Waals surface area contributed by atoms with Gasteiger partial charge in [0.2, 0.25) is 0 Å². The molecule has 0 bridgehead atoms. The number of halogens is 1. The Hall–Kier alpha value is -3.19. The Kier molecular flexibility index (Phi) is 7.57. The van der Waals surface area contributed by atoms with Gasteiger partial charge < -0.3 is 15.0 Å². The summed E-state index contributed by atoms with van der Waals surface area (Å²) in [6.45, 7) is 3.49. The van der Waals surface area contributed by atoms with Crippen LogP contribution in [0.3, 0.4) is 0 Å². The Bertz CT molecular complexity index is 967. The van der Waals surface area contributed by atoms with Crippen LogP contribution in [0.4, 0.5) is 15.9 Å². The highest BCUT2D eigenvalue weighted by molar-refractivity contribution is 5.65. The van der Waals surface area contributed by atoms with Gasteiger partial charge in [-0.1, -0.05) is 6.07 Å². The highest BCUT2D eigenvalue weighted by atomic mass is 19.1. The summed E-state index contributed by atoms with van der Waals surface area (Å²) in [7, 11) is 2.13. The fraction of sp³-hybridized carbons (Fsp3) is 0.304. The third kappa shape index (κ3) is 5.90. The Labute approximate surface area is 176 Å². The molecule has 1 atom stereocenters. The largest absolute Gasteiger partial charge is 0.340 e. The molecule has 1 unspecified atom stereocenters. The van der Waals surface area contributed by atoms with E-state index in [1.54, 1.807) is 18.5 Å². The number of piperidine rings is 1. The summed E-state index contributed by atoms with van der Waals surface area (Å²) in [5.74, 6) is 1.49. The second-order valence-electron chi connectivity index (χ2n) is 7.21. The normalized spacial score (nSPS) is 16.3. The number of benzene rings is 1. The number of hydrogen-bond donors (Lipinski definition) is 1. The van der Waals surface area contributed by atoms with E-state index in [9.17, 15) is 4.39 Å². The molecular weight excluding hydrogens is 381 g/mol. The number of aldehydes is 1. The first kappa shape index (κ1) is 21.5. The third-order valence-electron chi connectivity index (χ3n) is 4.79. The van der Waals surface area contributed by atoms with Crippen molar-refractivity contribution in [3.63, 3.8) is 0 Å². The molecule has 2 aromatic heterocycles. The maximum Gasteiger partial charge on any atom is 0.135 e. The molecule has 1 fully saturated rings. The molecule has 1 N–H and O–H groups in total. The SMILES string of the molecule is CC=O.CN1CCCC(c2nc(Nc3cccc(F)c3)cc(-c3cccnc3)n2)C1. The van der Waals surface area contributed by atoms with E-state index in [1.807, 2.05) is 24.3 Å². The number of anilines is 2. The minimum atomic E-state index is -0.282. The highest BCUT2D eigenvalue weighted by Crippen LogP contribution is 2.28. The van der Waals surface area contributed by atoms with E-state index >= 15 is 0 Å². The number of carbonyl (C=O) groups excluding carboxylic acids is 1. The lowest BCUT2D eigenvalue weighted by Gasteiger charge is -2.29. The van der Waals surface area contributed by atoms with Crippen LogP contribution in [0.15, 0.2) is 54.9 Å². The van der Waals surface area contributed by atoms with Crippen molar-refractivity contribution in [2.75, 3.05) is 25.5 Å². The number of nitrogens with one attached hydrogen (secondary N) is 1. The number of nitrogens with zero attached hydrogens (tertiary/aromatic N) is 4. The van der Waals surface area contributed by atoms with Crippen LogP contribution in [-0.4, -0.2) is 46.3 Å². The Balaban J connectivity index is 0.000000806. The van der Waals surface area contributed by atoms with Gasteiger partial charge in [0.25, 0.3) is 0 Å². The summed E-state index contributed by atoms with van der Waals surface area (Å²) in [5, 5.41) is 3.22. The van der Waals surface area contributed by atoms with Crippen LogP contribution in [0.25, 0.3) is 11.3 Å². The first-order valence-electron chi connectivity index (χ1n) is 9.99. The van der Waals surface area contributed by atoms with Gasteiger partial charge in [-0.05, 0) is 63.7 Å². The number of aromatic nitrogens is 3. The predicted octanol–water partition coefficient (Wildman–Crippen LogP) is 4.44. The minimum Gasteiger partial charge on any atom is -0.340 e. The summed E-state index contributed by atoms with van der Waals surface area (Å²) < 4.78 is 13.5. The lowest BCUT2D eigenvalue weighted by Crippen LogP contribution is -2.31. The van der Waals surface area contributed by atoms with E-state index in [2.05, 4.69) is 22.2 Å². The number of likely N-dealkylation sites (N-methyl/N-ethyl adjacent to an activating group) is 1. The van der Waals surface area contributed by atoms with Gasteiger partial charge in [0.1, 0.15) is 23.7 Å². The van der Waals surface area contributed by atoms with Gasteiger partial charge in [-0.2, -0.15) is 0 Å². The Morgan fingerprint density at radius 3 is 2.73 bits per heavy atom. The summed E-state index contributed by atoms with van der Waals surface area (Å²) >= 11 is 0. The summed E-state index contributed by atoms with van der Waals surface area (Å²) in [4.78, 5) is 24.9. The summed E-state index contributed by atoms with van der Waals surface area (Å²) in [6, 6.07) is 12.2. The second kappa shape index (κ2) is 10.5. The first-order valence-corrected chi connectivity index (χ1v) is 9.99. The van der Waals surface area contributed by atoms with Crippen molar-refractivity contribution in [2.45, 2.75) is 25.7 Å². The van der Waals surface area contributed by atoms with E-state index in [-0.39, 0.29) is 11.7 Å². The molecule has 0 radical (unpaired) electrons.